The third kappa shape index (κ3) is 8.50. The van der Waals surface area contributed by atoms with E-state index in [1.54, 1.807) is 24.3 Å². The molecule has 4 rings (SSSR count). The Balaban J connectivity index is 1.44. The van der Waals surface area contributed by atoms with E-state index in [2.05, 4.69) is 15.8 Å². The lowest BCUT2D eigenvalue weighted by Crippen LogP contribution is -2.32. The van der Waals surface area contributed by atoms with Crippen molar-refractivity contribution in [2.24, 2.45) is 5.10 Å². The maximum Gasteiger partial charge on any atom is 0.329 e. The highest BCUT2D eigenvalue weighted by Crippen LogP contribution is 2.28. The van der Waals surface area contributed by atoms with E-state index < -0.39 is 21.8 Å². The van der Waals surface area contributed by atoms with E-state index in [9.17, 15) is 18.0 Å². The molecule has 0 bridgehead atoms. The molecule has 1 aromatic heterocycles. The van der Waals surface area contributed by atoms with Gasteiger partial charge < -0.3 is 14.5 Å². The Bertz CT molecular complexity index is 1780. The van der Waals surface area contributed by atoms with Crippen molar-refractivity contribution in [3.8, 4) is 5.75 Å². The number of hydrogen-bond acceptors (Lipinski definition) is 7. The molecular formula is C28H22Cl4N4O6S. The van der Waals surface area contributed by atoms with Crippen LogP contribution in [0.5, 0.6) is 5.75 Å². The van der Waals surface area contributed by atoms with E-state index in [4.69, 9.17) is 55.6 Å². The van der Waals surface area contributed by atoms with Crippen LogP contribution in [0.2, 0.25) is 20.1 Å². The van der Waals surface area contributed by atoms with Gasteiger partial charge in [0, 0.05) is 17.3 Å². The minimum Gasteiger partial charge on any atom is -0.495 e. The van der Waals surface area contributed by atoms with Gasteiger partial charge in [-0.2, -0.15) is 9.41 Å². The predicted molar refractivity (Wildman–Crippen MR) is 165 cm³/mol. The Kier molecular flexibility index (Phi) is 10.7. The molecule has 2 amide bonds. The SMILES string of the molecule is COc1ccc(NC(=O)C(=O)N/N=C/c2ccc(CN(Cc3ccc(Cl)c(Cl)c3)S(=O)(=O)c3ccc(Cl)cc3)o2)cc1Cl. The Labute approximate surface area is 267 Å². The van der Waals surface area contributed by atoms with Gasteiger partial charge in [0.05, 0.1) is 39.8 Å². The molecule has 0 aliphatic carbocycles. The van der Waals surface area contributed by atoms with Crippen LogP contribution in [0.25, 0.3) is 0 Å². The molecule has 224 valence electrons. The molecule has 0 saturated heterocycles. The molecule has 0 aliphatic heterocycles. The standard InChI is InChI=1S/C28H22Cl4N4O6S/c1-41-26-11-5-19(13-25(26)32)34-27(37)28(38)35-33-14-20-6-7-21(42-20)16-36(15-17-2-10-23(30)24(31)12-17)43(39,40)22-8-3-18(29)4-9-22/h2-14H,15-16H2,1H3,(H,34,37)(H,35,38)/b33-14+. The number of carbonyl (C=O) groups is 2. The van der Waals surface area contributed by atoms with Crippen molar-refractivity contribution < 1.29 is 27.2 Å². The lowest BCUT2D eigenvalue weighted by molar-refractivity contribution is -0.136. The second-order valence-corrected chi connectivity index (χ2v) is 12.4. The Morgan fingerprint density at radius 3 is 2.30 bits per heavy atom. The number of hydrogen-bond donors (Lipinski definition) is 2. The average Bonchev–Trinajstić information content (AvgIpc) is 3.42. The highest BCUT2D eigenvalue weighted by atomic mass is 35.5. The summed E-state index contributed by atoms with van der Waals surface area (Å²) < 4.78 is 39.1. The Morgan fingerprint density at radius 1 is 0.884 bits per heavy atom. The molecule has 2 N–H and O–H groups in total. The van der Waals surface area contributed by atoms with Gasteiger partial charge in [0.25, 0.3) is 0 Å². The summed E-state index contributed by atoms with van der Waals surface area (Å²) in [7, 11) is -2.56. The number of amides is 2. The van der Waals surface area contributed by atoms with Crippen molar-refractivity contribution in [3.05, 3.63) is 110 Å². The maximum atomic E-state index is 13.6. The van der Waals surface area contributed by atoms with Gasteiger partial charge in [0.2, 0.25) is 10.0 Å². The van der Waals surface area contributed by atoms with E-state index in [-0.39, 0.29) is 45.2 Å². The van der Waals surface area contributed by atoms with Crippen molar-refractivity contribution in [1.29, 1.82) is 0 Å². The fourth-order valence-electron chi connectivity index (χ4n) is 3.68. The third-order valence-corrected chi connectivity index (χ3v) is 8.88. The maximum absolute atomic E-state index is 13.6. The van der Waals surface area contributed by atoms with E-state index in [0.717, 1.165) is 6.21 Å². The summed E-state index contributed by atoms with van der Waals surface area (Å²) in [5.41, 5.74) is 2.97. The van der Waals surface area contributed by atoms with Crippen LogP contribution in [-0.4, -0.2) is 37.9 Å². The molecule has 0 saturated carbocycles. The number of ether oxygens (including phenoxy) is 1. The minimum absolute atomic E-state index is 0.0307. The monoisotopic (exact) mass is 682 g/mol. The van der Waals surface area contributed by atoms with Gasteiger partial charge in [0.15, 0.2) is 0 Å². The molecule has 0 radical (unpaired) electrons. The largest absolute Gasteiger partial charge is 0.495 e. The summed E-state index contributed by atoms with van der Waals surface area (Å²) in [6, 6.07) is 18.2. The molecule has 4 aromatic rings. The average molecular weight is 684 g/mol. The van der Waals surface area contributed by atoms with Gasteiger partial charge in [-0.1, -0.05) is 52.5 Å². The zero-order valence-corrected chi connectivity index (χ0v) is 26.0. The lowest BCUT2D eigenvalue weighted by atomic mass is 10.2. The molecule has 0 unspecified atom stereocenters. The fraction of sp³-hybridized carbons (Fsp3) is 0.107. The number of rotatable bonds is 10. The Hall–Kier alpha value is -3.58. The number of hydrazone groups is 1. The second-order valence-electron chi connectivity index (χ2n) is 8.78. The van der Waals surface area contributed by atoms with Gasteiger partial charge in [-0.25, -0.2) is 13.8 Å². The summed E-state index contributed by atoms with van der Waals surface area (Å²) in [4.78, 5) is 24.4. The minimum atomic E-state index is -4.01. The molecule has 43 heavy (non-hydrogen) atoms. The molecular weight excluding hydrogens is 662 g/mol. The van der Waals surface area contributed by atoms with Crippen LogP contribution in [0.15, 0.2) is 87.2 Å². The summed E-state index contributed by atoms with van der Waals surface area (Å²) in [5.74, 6) is -1.15. The van der Waals surface area contributed by atoms with Gasteiger partial charge in [0.1, 0.15) is 17.3 Å². The molecule has 1 heterocycles. The van der Waals surface area contributed by atoms with Crippen molar-refractivity contribution in [2.45, 2.75) is 18.0 Å². The number of anilines is 1. The zero-order chi connectivity index (χ0) is 31.1. The highest BCUT2D eigenvalue weighted by Gasteiger charge is 2.26. The van der Waals surface area contributed by atoms with Crippen LogP contribution >= 0.6 is 46.4 Å². The number of carbonyl (C=O) groups excluding carboxylic acids is 2. The number of furan rings is 1. The van der Waals surface area contributed by atoms with Crippen molar-refractivity contribution in [3.63, 3.8) is 0 Å². The van der Waals surface area contributed by atoms with Crippen LogP contribution in [0, 0.1) is 0 Å². The lowest BCUT2D eigenvalue weighted by Gasteiger charge is -2.22. The molecule has 0 spiro atoms. The van der Waals surface area contributed by atoms with E-state index >= 15 is 0 Å². The second kappa shape index (κ2) is 14.3. The summed E-state index contributed by atoms with van der Waals surface area (Å²) in [6.45, 7) is -0.200. The molecule has 10 nitrogen and oxygen atoms in total. The first kappa shape index (κ1) is 32.3. The van der Waals surface area contributed by atoms with Crippen molar-refractivity contribution in [1.82, 2.24) is 9.73 Å². The van der Waals surface area contributed by atoms with Crippen LogP contribution < -0.4 is 15.5 Å². The van der Waals surface area contributed by atoms with E-state index in [1.165, 1.54) is 59.9 Å². The molecule has 3 aromatic carbocycles. The quantitative estimate of drug-likeness (QED) is 0.113. The normalized spacial score (nSPS) is 11.6. The van der Waals surface area contributed by atoms with Crippen LogP contribution in [0.1, 0.15) is 17.1 Å². The highest BCUT2D eigenvalue weighted by molar-refractivity contribution is 7.89. The number of nitrogens with zero attached hydrogens (tertiary/aromatic N) is 2. The number of halogens is 4. The van der Waals surface area contributed by atoms with Gasteiger partial charge >= 0.3 is 11.8 Å². The summed E-state index contributed by atoms with van der Waals surface area (Å²) in [6.07, 6.45) is 1.16. The fourth-order valence-corrected chi connectivity index (χ4v) is 5.78. The van der Waals surface area contributed by atoms with Crippen LogP contribution in [-0.2, 0) is 32.7 Å². The van der Waals surface area contributed by atoms with E-state index in [1.807, 2.05) is 0 Å². The Morgan fingerprint density at radius 2 is 1.63 bits per heavy atom. The topological polar surface area (TPSA) is 130 Å². The zero-order valence-electron chi connectivity index (χ0n) is 22.2. The van der Waals surface area contributed by atoms with Crippen LogP contribution in [0.4, 0.5) is 5.69 Å². The van der Waals surface area contributed by atoms with Crippen LogP contribution in [0.3, 0.4) is 0 Å². The molecule has 0 atom stereocenters. The number of benzene rings is 3. The van der Waals surface area contributed by atoms with Crippen molar-refractivity contribution in [2.75, 3.05) is 12.4 Å². The molecule has 15 heteroatoms. The summed E-state index contributed by atoms with van der Waals surface area (Å²) >= 11 is 24.1. The van der Waals surface area contributed by atoms with Crippen molar-refractivity contribution >= 4 is 80.1 Å². The number of methoxy groups -OCH3 is 1. The molecule has 0 aliphatic rings. The molecule has 0 fully saturated rings. The first-order valence-electron chi connectivity index (χ1n) is 12.2. The smallest absolute Gasteiger partial charge is 0.329 e. The number of sulfonamides is 1. The van der Waals surface area contributed by atoms with E-state index in [0.29, 0.717) is 21.4 Å². The predicted octanol–water partition coefficient (Wildman–Crippen LogP) is 6.38. The van der Waals surface area contributed by atoms with Gasteiger partial charge in [-0.15, -0.1) is 0 Å². The van der Waals surface area contributed by atoms with Gasteiger partial charge in [-0.3, -0.25) is 9.59 Å². The third-order valence-electron chi connectivity index (χ3n) is 5.78. The first-order chi connectivity index (χ1) is 20.5. The summed E-state index contributed by atoms with van der Waals surface area (Å²) in [5, 5.41) is 7.38. The number of nitrogens with one attached hydrogen (secondary N) is 2. The van der Waals surface area contributed by atoms with Gasteiger partial charge in [-0.05, 0) is 72.3 Å². The first-order valence-corrected chi connectivity index (χ1v) is 15.2.